The van der Waals surface area contributed by atoms with Gasteiger partial charge >= 0.3 is 0 Å². The van der Waals surface area contributed by atoms with E-state index in [0.29, 0.717) is 38.4 Å². The van der Waals surface area contributed by atoms with E-state index in [2.05, 4.69) is 15.9 Å². The summed E-state index contributed by atoms with van der Waals surface area (Å²) in [5.74, 6) is 0.120. The lowest BCUT2D eigenvalue weighted by atomic mass is 10.1. The number of hydrogen-bond donors (Lipinski definition) is 0. The third-order valence-electron chi connectivity index (χ3n) is 6.04. The van der Waals surface area contributed by atoms with Crippen LogP contribution < -0.4 is 15.0 Å². The normalized spacial score (nSPS) is 11.8. The number of benzene rings is 3. The average Bonchev–Trinajstić information content (AvgIpc) is 2.89. The Hall–Kier alpha value is -3.72. The number of halogens is 2. The smallest absolute Gasteiger partial charge is 0.266 e. The maximum atomic E-state index is 14.5. The molecule has 0 saturated carbocycles. The second-order valence-electron chi connectivity index (χ2n) is 8.04. The van der Waals surface area contributed by atoms with E-state index in [9.17, 15) is 14.0 Å². The van der Waals surface area contributed by atoms with Crippen LogP contribution in [0.2, 0.25) is 0 Å². The number of ether oxygens (including phenoxy) is 2. The van der Waals surface area contributed by atoms with Gasteiger partial charge in [0, 0.05) is 18.7 Å². The minimum absolute atomic E-state index is 0.0508. The molecule has 1 amide bonds. The Morgan fingerprint density at radius 3 is 2.47 bits per heavy atom. The van der Waals surface area contributed by atoms with Gasteiger partial charge in [-0.3, -0.25) is 14.2 Å². The molecule has 1 aromatic heterocycles. The molecule has 186 valence electrons. The Bertz CT molecular complexity index is 1500. The average molecular weight is 554 g/mol. The number of fused-ring (bicyclic) bond motifs is 1. The lowest BCUT2D eigenvalue weighted by Gasteiger charge is -2.30. The van der Waals surface area contributed by atoms with Gasteiger partial charge in [-0.05, 0) is 54.0 Å². The summed E-state index contributed by atoms with van der Waals surface area (Å²) >= 11 is 3.55. The number of rotatable bonds is 7. The molecule has 0 aliphatic carbocycles. The number of carbonyl (C=O) groups excluding carboxylic acids is 1. The molecule has 7 nitrogen and oxygen atoms in total. The fraction of sp³-hybridized carbons (Fsp3) is 0.222. The van der Waals surface area contributed by atoms with Crippen molar-refractivity contribution in [2.75, 3.05) is 20.8 Å². The molecule has 3 aromatic carbocycles. The van der Waals surface area contributed by atoms with Crippen LogP contribution in [0.4, 0.5) is 4.39 Å². The van der Waals surface area contributed by atoms with Crippen LogP contribution in [0, 0.1) is 5.82 Å². The van der Waals surface area contributed by atoms with Gasteiger partial charge in [0.15, 0.2) is 0 Å². The number of nitrogens with zero attached hydrogens (tertiary/aromatic N) is 3. The highest BCUT2D eigenvalue weighted by molar-refractivity contribution is 9.10. The van der Waals surface area contributed by atoms with Gasteiger partial charge < -0.3 is 14.4 Å². The Balaban J connectivity index is 1.99. The van der Waals surface area contributed by atoms with Gasteiger partial charge in [-0.25, -0.2) is 9.37 Å². The van der Waals surface area contributed by atoms with Gasteiger partial charge in [-0.2, -0.15) is 0 Å². The van der Waals surface area contributed by atoms with E-state index in [1.54, 1.807) is 56.3 Å². The SMILES string of the molecule is CCN(C(=O)c1ccccc1F)C(C)c1nc2ccccc2c(=O)n1-c1cc(OC)cc(OC)c1Br. The molecule has 1 heterocycles. The number of aromatic nitrogens is 2. The minimum Gasteiger partial charge on any atom is -0.497 e. The van der Waals surface area contributed by atoms with Crippen LogP contribution in [0.5, 0.6) is 11.5 Å². The van der Waals surface area contributed by atoms with Crippen LogP contribution in [-0.2, 0) is 0 Å². The summed E-state index contributed by atoms with van der Waals surface area (Å²) in [6.07, 6.45) is 0. The van der Waals surface area contributed by atoms with Gasteiger partial charge in [0.2, 0.25) is 0 Å². The number of methoxy groups -OCH3 is 2. The fourth-order valence-electron chi connectivity index (χ4n) is 4.17. The van der Waals surface area contributed by atoms with Crippen molar-refractivity contribution in [2.24, 2.45) is 0 Å². The lowest BCUT2D eigenvalue weighted by molar-refractivity contribution is 0.0688. The second kappa shape index (κ2) is 10.5. The topological polar surface area (TPSA) is 73.7 Å². The first kappa shape index (κ1) is 25.4. The zero-order valence-electron chi connectivity index (χ0n) is 20.3. The summed E-state index contributed by atoms with van der Waals surface area (Å²) in [5.41, 5.74) is 0.546. The summed E-state index contributed by atoms with van der Waals surface area (Å²) in [6.45, 7) is 3.82. The Labute approximate surface area is 216 Å². The van der Waals surface area contributed by atoms with Crippen molar-refractivity contribution >= 4 is 32.7 Å². The van der Waals surface area contributed by atoms with Crippen molar-refractivity contribution in [1.82, 2.24) is 14.5 Å². The minimum atomic E-state index is -0.691. The first-order valence-electron chi connectivity index (χ1n) is 11.3. The van der Waals surface area contributed by atoms with Gasteiger partial charge in [0.1, 0.15) is 23.1 Å². The maximum absolute atomic E-state index is 14.5. The van der Waals surface area contributed by atoms with Crippen molar-refractivity contribution in [3.63, 3.8) is 0 Å². The first-order valence-corrected chi connectivity index (χ1v) is 12.1. The van der Waals surface area contributed by atoms with Crippen LogP contribution in [0.1, 0.15) is 36.1 Å². The number of para-hydroxylation sites is 1. The van der Waals surface area contributed by atoms with Crippen molar-refractivity contribution in [2.45, 2.75) is 19.9 Å². The molecule has 0 spiro atoms. The zero-order chi connectivity index (χ0) is 26.0. The van der Waals surface area contributed by atoms with Gasteiger partial charge in [-0.15, -0.1) is 0 Å². The molecule has 9 heteroatoms. The van der Waals surface area contributed by atoms with E-state index in [0.717, 1.165) is 0 Å². The molecule has 0 N–H and O–H groups in total. The molecular formula is C27H25BrFN3O4. The molecule has 1 unspecified atom stereocenters. The Kier molecular flexibility index (Phi) is 7.40. The van der Waals surface area contributed by atoms with Crippen molar-refractivity contribution in [1.29, 1.82) is 0 Å². The first-order chi connectivity index (χ1) is 17.3. The van der Waals surface area contributed by atoms with E-state index in [-0.39, 0.29) is 17.7 Å². The van der Waals surface area contributed by atoms with Gasteiger partial charge in [0.05, 0.1) is 46.9 Å². The molecule has 0 aliphatic rings. The van der Waals surface area contributed by atoms with Gasteiger partial charge in [-0.1, -0.05) is 24.3 Å². The van der Waals surface area contributed by atoms with E-state index < -0.39 is 17.8 Å². The van der Waals surface area contributed by atoms with Crippen LogP contribution >= 0.6 is 15.9 Å². The Morgan fingerprint density at radius 2 is 1.81 bits per heavy atom. The fourth-order valence-corrected chi connectivity index (χ4v) is 4.74. The number of amides is 1. The molecular weight excluding hydrogens is 529 g/mol. The van der Waals surface area contributed by atoms with E-state index in [1.165, 1.54) is 41.9 Å². The molecule has 36 heavy (non-hydrogen) atoms. The molecule has 1 atom stereocenters. The summed E-state index contributed by atoms with van der Waals surface area (Å²) in [6, 6.07) is 15.5. The lowest BCUT2D eigenvalue weighted by Crippen LogP contribution is -2.37. The number of carbonyl (C=O) groups is 1. The molecule has 4 aromatic rings. The summed E-state index contributed by atoms with van der Waals surface area (Å²) in [4.78, 5) is 33.6. The van der Waals surface area contributed by atoms with Crippen LogP contribution in [0.25, 0.3) is 16.6 Å². The molecule has 0 aliphatic heterocycles. The van der Waals surface area contributed by atoms with Crippen molar-refractivity contribution < 1.29 is 18.7 Å². The molecule has 0 radical (unpaired) electrons. The van der Waals surface area contributed by atoms with Crippen molar-refractivity contribution in [3.8, 4) is 17.2 Å². The summed E-state index contributed by atoms with van der Waals surface area (Å²) in [5, 5.41) is 0.408. The molecule has 4 rings (SSSR count). The number of hydrogen-bond acceptors (Lipinski definition) is 5. The highest BCUT2D eigenvalue weighted by atomic mass is 79.9. The third-order valence-corrected chi connectivity index (χ3v) is 6.84. The van der Waals surface area contributed by atoms with Crippen LogP contribution in [-0.4, -0.2) is 41.1 Å². The predicted molar refractivity (Wildman–Crippen MR) is 140 cm³/mol. The maximum Gasteiger partial charge on any atom is 0.266 e. The highest BCUT2D eigenvalue weighted by Gasteiger charge is 2.29. The second-order valence-corrected chi connectivity index (χ2v) is 8.83. The molecule has 0 saturated heterocycles. The van der Waals surface area contributed by atoms with E-state index in [4.69, 9.17) is 14.5 Å². The quantitative estimate of drug-likeness (QED) is 0.301. The molecule has 0 fully saturated rings. The summed E-state index contributed by atoms with van der Waals surface area (Å²) < 4.78 is 27.4. The zero-order valence-corrected chi connectivity index (χ0v) is 21.9. The van der Waals surface area contributed by atoms with Crippen LogP contribution in [0.15, 0.2) is 69.9 Å². The van der Waals surface area contributed by atoms with E-state index in [1.807, 2.05) is 0 Å². The Morgan fingerprint density at radius 1 is 1.11 bits per heavy atom. The predicted octanol–water partition coefficient (Wildman–Crippen LogP) is 5.53. The highest BCUT2D eigenvalue weighted by Crippen LogP contribution is 2.37. The van der Waals surface area contributed by atoms with E-state index >= 15 is 0 Å². The van der Waals surface area contributed by atoms with Crippen LogP contribution in [0.3, 0.4) is 0 Å². The third kappa shape index (κ3) is 4.46. The van der Waals surface area contributed by atoms with Crippen molar-refractivity contribution in [3.05, 3.63) is 92.7 Å². The summed E-state index contributed by atoms with van der Waals surface area (Å²) in [7, 11) is 3.03. The standard InChI is InChI=1S/C27H25BrFN3O4/c1-5-31(26(33)18-10-6-8-12-20(18)29)16(2)25-30-21-13-9-7-11-19(21)27(34)32(25)22-14-17(35-3)15-23(36-4)24(22)28/h6-16H,5H2,1-4H3. The monoisotopic (exact) mass is 553 g/mol. The van der Waals surface area contributed by atoms with Gasteiger partial charge in [0.25, 0.3) is 11.5 Å². The molecule has 0 bridgehead atoms. The largest absolute Gasteiger partial charge is 0.497 e.